The molecule has 0 aromatic heterocycles. The van der Waals surface area contributed by atoms with Gasteiger partial charge in [-0.2, -0.15) is 0 Å². The Labute approximate surface area is 144 Å². The number of carbonyl (C=O) groups excluding carboxylic acids is 1. The third-order valence-electron chi connectivity index (χ3n) is 3.37. The van der Waals surface area contributed by atoms with Crippen molar-refractivity contribution in [1.29, 1.82) is 0 Å². The molecule has 1 aromatic rings. The van der Waals surface area contributed by atoms with Crippen molar-refractivity contribution in [3.8, 4) is 0 Å². The van der Waals surface area contributed by atoms with Crippen LogP contribution >= 0.6 is 0 Å². The van der Waals surface area contributed by atoms with Gasteiger partial charge in [-0.25, -0.2) is 13.1 Å². The fourth-order valence-corrected chi connectivity index (χ4v) is 3.06. The number of nitrogens with zero attached hydrogens (tertiary/aromatic N) is 1. The zero-order valence-electron chi connectivity index (χ0n) is 14.5. The highest BCUT2D eigenvalue weighted by Crippen LogP contribution is 2.11. The Hall–Kier alpha value is -1.70. The summed E-state index contributed by atoms with van der Waals surface area (Å²) < 4.78 is 31.4. The number of carbonyl (C=O) groups is 1. The Morgan fingerprint density at radius 3 is 2.54 bits per heavy atom. The van der Waals surface area contributed by atoms with Crippen LogP contribution in [-0.4, -0.2) is 53.1 Å². The van der Waals surface area contributed by atoms with E-state index >= 15 is 0 Å². The average Bonchev–Trinajstić information content (AvgIpc) is 2.58. The van der Waals surface area contributed by atoms with Crippen LogP contribution in [0, 0.1) is 0 Å². The summed E-state index contributed by atoms with van der Waals surface area (Å²) in [4.78, 5) is 13.8. The number of sulfonamides is 1. The van der Waals surface area contributed by atoms with Gasteiger partial charge < -0.3 is 9.64 Å². The van der Waals surface area contributed by atoms with Crippen molar-refractivity contribution in [2.24, 2.45) is 0 Å². The summed E-state index contributed by atoms with van der Waals surface area (Å²) in [5.74, 6) is -0.104. The van der Waals surface area contributed by atoms with Crippen molar-refractivity contribution >= 4 is 22.0 Å². The van der Waals surface area contributed by atoms with Gasteiger partial charge in [0.2, 0.25) is 15.9 Å². The first kappa shape index (κ1) is 20.3. The van der Waals surface area contributed by atoms with Crippen molar-refractivity contribution < 1.29 is 17.9 Å². The van der Waals surface area contributed by atoms with E-state index in [-0.39, 0.29) is 10.8 Å². The van der Waals surface area contributed by atoms with Crippen LogP contribution in [0.2, 0.25) is 0 Å². The molecule has 24 heavy (non-hydrogen) atoms. The topological polar surface area (TPSA) is 75.7 Å². The second-order valence-corrected chi connectivity index (χ2v) is 7.17. The van der Waals surface area contributed by atoms with Crippen molar-refractivity contribution in [3.05, 3.63) is 35.9 Å². The lowest BCUT2D eigenvalue weighted by atomic mass is 10.2. The lowest BCUT2D eigenvalue weighted by Gasteiger charge is -2.14. The van der Waals surface area contributed by atoms with E-state index in [1.165, 1.54) is 18.2 Å². The molecule has 0 saturated heterocycles. The summed E-state index contributed by atoms with van der Waals surface area (Å²) in [5.41, 5.74) is 0.767. The van der Waals surface area contributed by atoms with Crippen LogP contribution in [0.5, 0.6) is 0 Å². The molecule has 0 heterocycles. The molecule has 7 heteroatoms. The van der Waals surface area contributed by atoms with Gasteiger partial charge in [0.15, 0.2) is 0 Å². The lowest BCUT2D eigenvalue weighted by Crippen LogP contribution is -2.26. The molecule has 0 radical (unpaired) electrons. The average molecular weight is 354 g/mol. The Balaban J connectivity index is 2.65. The maximum absolute atomic E-state index is 12.0. The Bertz CT molecular complexity index is 639. The van der Waals surface area contributed by atoms with Crippen LogP contribution in [0.25, 0.3) is 6.08 Å². The van der Waals surface area contributed by atoms with E-state index in [9.17, 15) is 13.2 Å². The number of amides is 1. The van der Waals surface area contributed by atoms with Gasteiger partial charge in [-0.1, -0.05) is 19.1 Å². The van der Waals surface area contributed by atoms with Crippen LogP contribution in [0.15, 0.2) is 35.2 Å². The van der Waals surface area contributed by atoms with E-state index in [1.54, 1.807) is 37.3 Å². The third-order valence-corrected chi connectivity index (χ3v) is 4.85. The Morgan fingerprint density at radius 2 is 1.96 bits per heavy atom. The number of likely N-dealkylation sites (N-methyl/N-ethyl adjacent to an activating group) is 1. The van der Waals surface area contributed by atoms with Gasteiger partial charge in [0.25, 0.3) is 0 Å². The lowest BCUT2D eigenvalue weighted by molar-refractivity contribution is -0.124. The first-order valence-electron chi connectivity index (χ1n) is 7.92. The minimum atomic E-state index is -3.46. The van der Waals surface area contributed by atoms with Gasteiger partial charge in [0.1, 0.15) is 0 Å². The van der Waals surface area contributed by atoms with Crippen LogP contribution < -0.4 is 4.72 Å². The molecule has 0 fully saturated rings. The normalized spacial score (nSPS) is 11.8. The van der Waals surface area contributed by atoms with E-state index < -0.39 is 10.0 Å². The molecule has 0 bridgehead atoms. The number of hydrogen-bond donors (Lipinski definition) is 1. The summed E-state index contributed by atoms with van der Waals surface area (Å²) in [6.45, 7) is 3.55. The quantitative estimate of drug-likeness (QED) is 0.514. The van der Waals surface area contributed by atoms with E-state index in [0.29, 0.717) is 19.7 Å². The molecule has 0 saturated carbocycles. The predicted octanol–water partition coefficient (Wildman–Crippen LogP) is 1.88. The number of methoxy groups -OCH3 is 1. The monoisotopic (exact) mass is 354 g/mol. The minimum Gasteiger partial charge on any atom is -0.385 e. The van der Waals surface area contributed by atoms with Crippen molar-refractivity contribution in [3.63, 3.8) is 0 Å². The Morgan fingerprint density at radius 1 is 1.29 bits per heavy atom. The maximum Gasteiger partial charge on any atom is 0.246 e. The van der Waals surface area contributed by atoms with Gasteiger partial charge in [0, 0.05) is 39.9 Å². The van der Waals surface area contributed by atoms with Gasteiger partial charge in [0.05, 0.1) is 4.90 Å². The molecule has 0 aliphatic carbocycles. The van der Waals surface area contributed by atoms with Crippen LogP contribution in [0.1, 0.15) is 25.3 Å². The van der Waals surface area contributed by atoms with E-state index in [1.807, 2.05) is 6.92 Å². The number of hydrogen-bond acceptors (Lipinski definition) is 4. The molecule has 0 spiro atoms. The molecule has 0 unspecified atom stereocenters. The summed E-state index contributed by atoms with van der Waals surface area (Å²) in [6, 6.07) is 6.42. The second-order valence-electron chi connectivity index (χ2n) is 5.41. The molecule has 1 aromatic carbocycles. The van der Waals surface area contributed by atoms with Gasteiger partial charge in [-0.05, 0) is 36.6 Å². The van der Waals surface area contributed by atoms with Gasteiger partial charge in [-0.3, -0.25) is 4.79 Å². The van der Waals surface area contributed by atoms with Crippen LogP contribution in [0.3, 0.4) is 0 Å². The van der Waals surface area contributed by atoms with Crippen molar-refractivity contribution in [2.75, 3.05) is 33.9 Å². The second kappa shape index (κ2) is 10.2. The van der Waals surface area contributed by atoms with E-state index in [4.69, 9.17) is 4.74 Å². The van der Waals surface area contributed by atoms with E-state index in [2.05, 4.69) is 4.72 Å². The van der Waals surface area contributed by atoms with E-state index in [0.717, 1.165) is 18.4 Å². The summed E-state index contributed by atoms with van der Waals surface area (Å²) >= 11 is 0. The van der Waals surface area contributed by atoms with Crippen LogP contribution in [0.4, 0.5) is 0 Å². The smallest absolute Gasteiger partial charge is 0.246 e. The number of benzene rings is 1. The maximum atomic E-state index is 12.0. The van der Waals surface area contributed by atoms with Gasteiger partial charge >= 0.3 is 0 Å². The molecular formula is C17H26N2O4S. The molecular weight excluding hydrogens is 328 g/mol. The zero-order chi connectivity index (χ0) is 18.0. The first-order chi connectivity index (χ1) is 11.4. The highest BCUT2D eigenvalue weighted by molar-refractivity contribution is 7.89. The fourth-order valence-electron chi connectivity index (χ4n) is 1.93. The molecule has 1 amide bonds. The standard InChI is InChI=1S/C17H26N2O4S/c1-4-12-18-24(21,22)16-9-6-15(7-10-16)8-11-17(20)19(2)13-5-14-23-3/h6-11,18H,4-5,12-14H2,1-3H3/b11-8+. The largest absolute Gasteiger partial charge is 0.385 e. The Kier molecular flexibility index (Phi) is 8.67. The molecule has 6 nitrogen and oxygen atoms in total. The molecule has 0 aliphatic rings. The zero-order valence-corrected chi connectivity index (χ0v) is 15.3. The summed E-state index contributed by atoms with van der Waals surface area (Å²) in [6.07, 6.45) is 4.67. The predicted molar refractivity (Wildman–Crippen MR) is 95.1 cm³/mol. The molecule has 134 valence electrons. The number of nitrogens with one attached hydrogen (secondary N) is 1. The summed E-state index contributed by atoms with van der Waals surface area (Å²) in [7, 11) is -0.0960. The van der Waals surface area contributed by atoms with Crippen molar-refractivity contribution in [1.82, 2.24) is 9.62 Å². The number of rotatable bonds is 10. The minimum absolute atomic E-state index is 0.104. The highest BCUT2D eigenvalue weighted by atomic mass is 32.2. The first-order valence-corrected chi connectivity index (χ1v) is 9.41. The third kappa shape index (κ3) is 6.82. The van der Waals surface area contributed by atoms with Crippen molar-refractivity contribution in [2.45, 2.75) is 24.7 Å². The fraction of sp³-hybridized carbons (Fsp3) is 0.471. The SMILES string of the molecule is CCCNS(=O)(=O)c1ccc(/C=C/C(=O)N(C)CCCOC)cc1. The molecule has 1 N–H and O–H groups in total. The molecule has 0 atom stereocenters. The van der Waals surface area contributed by atoms with Gasteiger partial charge in [-0.15, -0.1) is 0 Å². The van der Waals surface area contributed by atoms with Crippen LogP contribution in [-0.2, 0) is 19.6 Å². The molecule has 1 rings (SSSR count). The summed E-state index contributed by atoms with van der Waals surface area (Å²) in [5, 5.41) is 0. The number of ether oxygens (including phenoxy) is 1. The highest BCUT2D eigenvalue weighted by Gasteiger charge is 2.12. The molecule has 0 aliphatic heterocycles.